The summed E-state index contributed by atoms with van der Waals surface area (Å²) >= 11 is 0. The number of benzene rings is 2. The molecule has 0 spiro atoms. The normalized spacial score (nSPS) is 19.8. The number of nitrogens with one attached hydrogen (secondary N) is 2. The van der Waals surface area contributed by atoms with E-state index in [1.165, 1.54) is 22.3 Å². The highest BCUT2D eigenvalue weighted by molar-refractivity contribution is 5.94. The summed E-state index contributed by atoms with van der Waals surface area (Å²) in [5, 5.41) is 16.2. The van der Waals surface area contributed by atoms with E-state index in [9.17, 15) is 9.90 Å². The number of carbonyl (C=O) groups is 1. The van der Waals surface area contributed by atoms with E-state index in [1.54, 1.807) is 0 Å². The second kappa shape index (κ2) is 6.98. The lowest BCUT2D eigenvalue weighted by Gasteiger charge is -2.21. The Bertz CT molecular complexity index is 775. The van der Waals surface area contributed by atoms with Crippen LogP contribution < -0.4 is 10.6 Å². The Morgan fingerprint density at radius 2 is 1.80 bits per heavy atom. The summed E-state index contributed by atoms with van der Waals surface area (Å²) < 4.78 is 0. The Morgan fingerprint density at radius 3 is 2.44 bits per heavy atom. The molecule has 1 aliphatic heterocycles. The van der Waals surface area contributed by atoms with Crippen molar-refractivity contribution in [3.05, 3.63) is 58.7 Å². The first-order valence-electron chi connectivity index (χ1n) is 8.78. The molecule has 2 aromatic carbocycles. The summed E-state index contributed by atoms with van der Waals surface area (Å²) in [4.78, 5) is 12.3. The van der Waals surface area contributed by atoms with Crippen molar-refractivity contribution in [2.45, 2.75) is 32.8 Å². The van der Waals surface area contributed by atoms with Crippen LogP contribution in [0.1, 0.15) is 33.5 Å². The van der Waals surface area contributed by atoms with Crippen molar-refractivity contribution in [2.24, 2.45) is 0 Å². The van der Waals surface area contributed by atoms with Gasteiger partial charge in [-0.2, -0.15) is 0 Å². The molecule has 4 nitrogen and oxygen atoms in total. The van der Waals surface area contributed by atoms with E-state index in [4.69, 9.17) is 0 Å². The van der Waals surface area contributed by atoms with Gasteiger partial charge in [0.05, 0.1) is 5.60 Å². The summed E-state index contributed by atoms with van der Waals surface area (Å²) in [6, 6.07) is 12.0. The maximum absolute atomic E-state index is 12.3. The van der Waals surface area contributed by atoms with E-state index in [1.807, 2.05) is 24.3 Å². The molecule has 1 unspecified atom stereocenters. The van der Waals surface area contributed by atoms with Crippen molar-refractivity contribution in [1.82, 2.24) is 10.6 Å². The van der Waals surface area contributed by atoms with Gasteiger partial charge in [-0.15, -0.1) is 0 Å². The van der Waals surface area contributed by atoms with Gasteiger partial charge in [-0.1, -0.05) is 24.3 Å². The highest BCUT2D eigenvalue weighted by atomic mass is 16.3. The minimum atomic E-state index is -0.827. The third kappa shape index (κ3) is 3.91. The summed E-state index contributed by atoms with van der Waals surface area (Å²) in [5.74, 6) is -0.149. The van der Waals surface area contributed by atoms with Gasteiger partial charge in [0, 0.05) is 18.7 Å². The number of hydrogen-bond donors (Lipinski definition) is 3. The molecule has 0 bridgehead atoms. The van der Waals surface area contributed by atoms with Crippen LogP contribution in [0.5, 0.6) is 0 Å². The van der Waals surface area contributed by atoms with Crippen LogP contribution in [-0.2, 0) is 0 Å². The average Bonchev–Trinajstić information content (AvgIpc) is 3.03. The quantitative estimate of drug-likeness (QED) is 0.803. The largest absolute Gasteiger partial charge is 0.387 e. The summed E-state index contributed by atoms with van der Waals surface area (Å²) in [6.07, 6.45) is 0.665. The molecule has 0 aromatic heterocycles. The number of aryl methyl sites for hydroxylation is 3. The van der Waals surface area contributed by atoms with E-state index < -0.39 is 5.60 Å². The lowest BCUT2D eigenvalue weighted by molar-refractivity contribution is 0.0562. The second-order valence-electron chi connectivity index (χ2n) is 7.16. The average molecular weight is 338 g/mol. The van der Waals surface area contributed by atoms with Gasteiger partial charge < -0.3 is 15.7 Å². The highest BCUT2D eigenvalue weighted by Gasteiger charge is 2.31. The van der Waals surface area contributed by atoms with Crippen LogP contribution in [0, 0.1) is 20.8 Å². The van der Waals surface area contributed by atoms with Crippen LogP contribution in [0.4, 0.5) is 0 Å². The minimum Gasteiger partial charge on any atom is -0.387 e. The molecular formula is C21H26N2O2. The molecule has 0 aliphatic carbocycles. The summed E-state index contributed by atoms with van der Waals surface area (Å²) in [7, 11) is 0. The summed E-state index contributed by atoms with van der Waals surface area (Å²) in [5.41, 5.74) is 5.87. The predicted molar refractivity (Wildman–Crippen MR) is 101 cm³/mol. The topological polar surface area (TPSA) is 61.4 Å². The highest BCUT2D eigenvalue weighted by Crippen LogP contribution is 2.26. The number of amides is 1. The molecule has 132 valence electrons. The smallest absolute Gasteiger partial charge is 0.251 e. The van der Waals surface area contributed by atoms with E-state index in [-0.39, 0.29) is 12.5 Å². The molecule has 1 saturated heterocycles. The van der Waals surface area contributed by atoms with Crippen molar-refractivity contribution in [3.63, 3.8) is 0 Å². The molecule has 25 heavy (non-hydrogen) atoms. The molecule has 1 fully saturated rings. The van der Waals surface area contributed by atoms with Crippen LogP contribution in [-0.4, -0.2) is 36.2 Å². The van der Waals surface area contributed by atoms with E-state index in [2.05, 4.69) is 43.5 Å². The zero-order valence-corrected chi connectivity index (χ0v) is 15.1. The lowest BCUT2D eigenvalue weighted by Crippen LogP contribution is -2.44. The van der Waals surface area contributed by atoms with Crippen molar-refractivity contribution in [2.75, 3.05) is 19.6 Å². The van der Waals surface area contributed by atoms with E-state index >= 15 is 0 Å². The Labute approximate surface area is 149 Å². The third-order valence-electron chi connectivity index (χ3n) is 5.10. The van der Waals surface area contributed by atoms with Crippen molar-refractivity contribution < 1.29 is 9.90 Å². The van der Waals surface area contributed by atoms with Gasteiger partial charge >= 0.3 is 0 Å². The number of rotatable bonds is 4. The first kappa shape index (κ1) is 17.6. The fraction of sp³-hybridized carbons (Fsp3) is 0.381. The zero-order chi connectivity index (χ0) is 18.0. The van der Waals surface area contributed by atoms with Gasteiger partial charge in [-0.05, 0) is 73.7 Å². The molecule has 4 heteroatoms. The predicted octanol–water partition coefficient (Wildman–Crippen LogP) is 2.73. The molecule has 1 heterocycles. The second-order valence-corrected chi connectivity index (χ2v) is 7.16. The molecule has 3 N–H and O–H groups in total. The minimum absolute atomic E-state index is 0.149. The monoisotopic (exact) mass is 338 g/mol. The Morgan fingerprint density at radius 1 is 1.12 bits per heavy atom. The number of hydrogen-bond acceptors (Lipinski definition) is 3. The SMILES string of the molecule is Cc1cc(C)c(-c2ccc(C(=O)NCC3(O)CCNC3)cc2)cc1C. The van der Waals surface area contributed by atoms with Crippen LogP contribution in [0.15, 0.2) is 36.4 Å². The third-order valence-corrected chi connectivity index (χ3v) is 5.10. The molecule has 1 amide bonds. The molecule has 0 radical (unpaired) electrons. The van der Waals surface area contributed by atoms with Gasteiger partial charge in [0.2, 0.25) is 0 Å². The maximum atomic E-state index is 12.3. The Hall–Kier alpha value is -2.17. The first-order chi connectivity index (χ1) is 11.9. The zero-order valence-electron chi connectivity index (χ0n) is 15.1. The van der Waals surface area contributed by atoms with Crippen molar-refractivity contribution in [1.29, 1.82) is 0 Å². The van der Waals surface area contributed by atoms with E-state index in [0.717, 1.165) is 12.1 Å². The number of carbonyl (C=O) groups excluding carboxylic acids is 1. The van der Waals surface area contributed by atoms with Gasteiger partial charge in [-0.25, -0.2) is 0 Å². The number of β-amino-alcohol motifs (C(OH)–C–C–N with tert-alkyl or cyclic N) is 1. The van der Waals surface area contributed by atoms with E-state index in [0.29, 0.717) is 18.5 Å². The fourth-order valence-electron chi connectivity index (χ4n) is 3.30. The number of aliphatic hydroxyl groups is 1. The summed E-state index contributed by atoms with van der Waals surface area (Å²) in [6.45, 7) is 7.93. The molecular weight excluding hydrogens is 312 g/mol. The van der Waals surface area contributed by atoms with Crippen LogP contribution in [0.2, 0.25) is 0 Å². The first-order valence-corrected chi connectivity index (χ1v) is 8.78. The standard InChI is InChI=1S/C21H26N2O2/c1-14-10-16(3)19(11-15(14)2)17-4-6-18(7-5-17)20(24)23-13-21(25)8-9-22-12-21/h4-7,10-11,22,25H,8-9,12-13H2,1-3H3,(H,23,24). The van der Waals surface area contributed by atoms with Crippen molar-refractivity contribution in [3.8, 4) is 11.1 Å². The molecule has 0 saturated carbocycles. The lowest BCUT2D eigenvalue weighted by atomic mass is 9.95. The van der Waals surface area contributed by atoms with Crippen LogP contribution in [0.25, 0.3) is 11.1 Å². The molecule has 2 aromatic rings. The van der Waals surface area contributed by atoms with Crippen LogP contribution in [0.3, 0.4) is 0 Å². The van der Waals surface area contributed by atoms with Gasteiger partial charge in [0.25, 0.3) is 5.91 Å². The van der Waals surface area contributed by atoms with Gasteiger partial charge in [-0.3, -0.25) is 4.79 Å². The molecule has 1 aliphatic rings. The van der Waals surface area contributed by atoms with Crippen LogP contribution >= 0.6 is 0 Å². The van der Waals surface area contributed by atoms with Gasteiger partial charge in [0.1, 0.15) is 0 Å². The Kier molecular flexibility index (Phi) is 4.93. The Balaban J connectivity index is 1.71. The van der Waals surface area contributed by atoms with Crippen molar-refractivity contribution >= 4 is 5.91 Å². The fourth-order valence-corrected chi connectivity index (χ4v) is 3.30. The van der Waals surface area contributed by atoms with Gasteiger partial charge in [0.15, 0.2) is 0 Å². The molecule has 3 rings (SSSR count). The molecule has 1 atom stereocenters. The maximum Gasteiger partial charge on any atom is 0.251 e.